The lowest BCUT2D eigenvalue weighted by atomic mass is 9.76. The molecule has 0 saturated carbocycles. The average molecular weight is 530 g/mol. The number of hydrogen-bond acceptors (Lipinski definition) is 6. The summed E-state index contributed by atoms with van der Waals surface area (Å²) in [6, 6.07) is 7.31. The lowest BCUT2D eigenvalue weighted by molar-refractivity contribution is -0.0704. The van der Waals surface area contributed by atoms with Gasteiger partial charge in [0.25, 0.3) is 0 Å². The third-order valence-corrected chi connectivity index (χ3v) is 9.16. The number of sulfone groups is 1. The van der Waals surface area contributed by atoms with Crippen LogP contribution in [-0.4, -0.2) is 47.0 Å². The summed E-state index contributed by atoms with van der Waals surface area (Å²) in [6.07, 6.45) is -1.69. The van der Waals surface area contributed by atoms with Gasteiger partial charge in [0.1, 0.15) is 10.6 Å². The van der Waals surface area contributed by atoms with Gasteiger partial charge in [-0.15, -0.1) is 0 Å². The van der Waals surface area contributed by atoms with Crippen molar-refractivity contribution in [2.45, 2.75) is 36.0 Å². The Hall–Kier alpha value is -2.43. The van der Waals surface area contributed by atoms with Crippen molar-refractivity contribution in [2.24, 2.45) is 11.8 Å². The fourth-order valence-corrected chi connectivity index (χ4v) is 7.20. The fourth-order valence-electron chi connectivity index (χ4n) is 4.73. The van der Waals surface area contributed by atoms with E-state index in [0.717, 1.165) is 12.1 Å². The van der Waals surface area contributed by atoms with Crippen molar-refractivity contribution in [3.05, 3.63) is 58.6 Å². The summed E-state index contributed by atoms with van der Waals surface area (Å²) in [5, 5.41) is 2.92. The SMILES string of the molecule is CC(C)COC(=O)NC[C@@H]1OCC[C@@]2(S(=O)(=O)c3ccc(Cl)cc3)c3c(F)ccc(F)c3OC[C@@H]12. The maximum Gasteiger partial charge on any atom is 0.407 e. The lowest BCUT2D eigenvalue weighted by Crippen LogP contribution is -2.59. The molecule has 2 heterocycles. The second kappa shape index (κ2) is 9.91. The Labute approximate surface area is 207 Å². The average Bonchev–Trinajstić information content (AvgIpc) is 2.83. The number of carbonyl (C=O) groups is 1. The number of ether oxygens (including phenoxy) is 3. The first kappa shape index (κ1) is 25.7. The molecule has 0 bridgehead atoms. The van der Waals surface area contributed by atoms with E-state index in [-0.39, 0.29) is 49.2 Å². The molecule has 0 aromatic heterocycles. The highest BCUT2D eigenvalue weighted by molar-refractivity contribution is 7.92. The standard InChI is InChI=1S/C24H26ClF2NO6S/c1-14(2)12-34-23(29)28-11-20-17-13-33-22-19(27)8-7-18(26)21(22)24(17,9-10-32-20)35(30,31)16-5-3-15(25)4-6-16/h3-8,14,17,20H,9-13H2,1-2H3,(H,28,29)/t17-,20-,24-/m0/s1. The monoisotopic (exact) mass is 529 g/mol. The molecule has 190 valence electrons. The fraction of sp³-hybridized carbons (Fsp3) is 0.458. The van der Waals surface area contributed by atoms with Crippen LogP contribution < -0.4 is 10.1 Å². The number of fused-ring (bicyclic) bond motifs is 3. The smallest absolute Gasteiger partial charge is 0.407 e. The van der Waals surface area contributed by atoms with Crippen molar-refractivity contribution in [2.75, 3.05) is 26.4 Å². The van der Waals surface area contributed by atoms with E-state index in [1.54, 1.807) is 0 Å². The maximum atomic E-state index is 15.3. The molecule has 0 radical (unpaired) electrons. The Morgan fingerprint density at radius 1 is 1.20 bits per heavy atom. The summed E-state index contributed by atoms with van der Waals surface area (Å²) in [5.41, 5.74) is -0.362. The molecule has 1 N–H and O–H groups in total. The first-order valence-corrected chi connectivity index (χ1v) is 13.1. The highest BCUT2D eigenvalue weighted by Crippen LogP contribution is 2.55. The Bertz CT molecular complexity index is 1210. The topological polar surface area (TPSA) is 90.9 Å². The van der Waals surface area contributed by atoms with E-state index in [1.807, 2.05) is 13.8 Å². The van der Waals surface area contributed by atoms with Crippen LogP contribution in [0.2, 0.25) is 5.02 Å². The van der Waals surface area contributed by atoms with Gasteiger partial charge in [0.15, 0.2) is 21.4 Å². The molecule has 11 heteroatoms. The molecule has 2 aliphatic heterocycles. The number of nitrogens with one attached hydrogen (secondary N) is 1. The van der Waals surface area contributed by atoms with Crippen molar-refractivity contribution in [3.63, 3.8) is 0 Å². The van der Waals surface area contributed by atoms with Gasteiger partial charge in [0.05, 0.1) is 29.8 Å². The number of alkyl carbamates (subject to hydrolysis) is 1. The Balaban J connectivity index is 1.79. The van der Waals surface area contributed by atoms with E-state index < -0.39 is 50.1 Å². The molecule has 0 aliphatic carbocycles. The first-order chi connectivity index (χ1) is 16.6. The van der Waals surface area contributed by atoms with Gasteiger partial charge in [-0.3, -0.25) is 0 Å². The summed E-state index contributed by atoms with van der Waals surface area (Å²) in [7, 11) is -4.32. The summed E-state index contributed by atoms with van der Waals surface area (Å²) in [4.78, 5) is 12.0. The number of halogens is 3. The molecule has 35 heavy (non-hydrogen) atoms. The molecule has 1 fully saturated rings. The zero-order valence-electron chi connectivity index (χ0n) is 19.2. The molecule has 7 nitrogen and oxygen atoms in total. The molecule has 0 unspecified atom stereocenters. The minimum Gasteiger partial charge on any atom is -0.490 e. The third-order valence-electron chi connectivity index (χ3n) is 6.34. The van der Waals surface area contributed by atoms with Gasteiger partial charge in [-0.2, -0.15) is 0 Å². The van der Waals surface area contributed by atoms with E-state index in [0.29, 0.717) is 5.02 Å². The van der Waals surface area contributed by atoms with Gasteiger partial charge in [-0.05, 0) is 48.7 Å². The molecular formula is C24H26ClF2NO6S. The predicted molar refractivity (Wildman–Crippen MR) is 124 cm³/mol. The van der Waals surface area contributed by atoms with Gasteiger partial charge in [-0.25, -0.2) is 22.0 Å². The van der Waals surface area contributed by atoms with Crippen molar-refractivity contribution >= 4 is 27.5 Å². The zero-order chi connectivity index (χ0) is 25.4. The minimum atomic E-state index is -4.32. The van der Waals surface area contributed by atoms with Crippen molar-refractivity contribution in [1.82, 2.24) is 5.32 Å². The predicted octanol–water partition coefficient (Wildman–Crippen LogP) is 4.47. The van der Waals surface area contributed by atoms with E-state index in [4.69, 9.17) is 25.8 Å². The van der Waals surface area contributed by atoms with Crippen molar-refractivity contribution in [1.29, 1.82) is 0 Å². The van der Waals surface area contributed by atoms with Crippen molar-refractivity contribution < 1.29 is 36.2 Å². The van der Waals surface area contributed by atoms with E-state index in [2.05, 4.69) is 5.32 Å². The number of carbonyl (C=O) groups excluding carboxylic acids is 1. The van der Waals surface area contributed by atoms with Gasteiger partial charge >= 0.3 is 6.09 Å². The quantitative estimate of drug-likeness (QED) is 0.594. The number of amides is 1. The molecule has 2 aromatic rings. The van der Waals surface area contributed by atoms with Gasteiger partial charge in [0, 0.05) is 24.1 Å². The molecule has 2 aliphatic rings. The molecule has 1 amide bonds. The first-order valence-electron chi connectivity index (χ1n) is 11.2. The zero-order valence-corrected chi connectivity index (χ0v) is 20.8. The molecule has 3 atom stereocenters. The molecule has 1 saturated heterocycles. The molecule has 0 spiro atoms. The normalized spacial score (nSPS) is 23.7. The summed E-state index contributed by atoms with van der Waals surface area (Å²) in [5.74, 6) is -3.00. The van der Waals surface area contributed by atoms with E-state index in [1.165, 1.54) is 24.3 Å². The van der Waals surface area contributed by atoms with E-state index >= 15 is 4.39 Å². The number of benzene rings is 2. The van der Waals surface area contributed by atoms with Crippen LogP contribution in [0, 0.1) is 23.5 Å². The summed E-state index contributed by atoms with van der Waals surface area (Å²) >= 11 is 5.95. The number of hydrogen-bond donors (Lipinski definition) is 1. The van der Waals surface area contributed by atoms with Crippen LogP contribution in [0.4, 0.5) is 13.6 Å². The highest BCUT2D eigenvalue weighted by Gasteiger charge is 2.61. The number of rotatable bonds is 6. The highest BCUT2D eigenvalue weighted by atomic mass is 35.5. The van der Waals surface area contributed by atoms with Gasteiger partial charge in [0.2, 0.25) is 0 Å². The van der Waals surface area contributed by atoms with Crippen LogP contribution in [0.15, 0.2) is 41.3 Å². The summed E-state index contributed by atoms with van der Waals surface area (Å²) in [6.45, 7) is 3.56. The Morgan fingerprint density at radius 2 is 1.89 bits per heavy atom. The van der Waals surface area contributed by atoms with Gasteiger partial charge in [-0.1, -0.05) is 25.4 Å². The molecular weight excluding hydrogens is 504 g/mol. The van der Waals surface area contributed by atoms with Crippen molar-refractivity contribution in [3.8, 4) is 5.75 Å². The van der Waals surface area contributed by atoms with E-state index in [9.17, 15) is 17.6 Å². The van der Waals surface area contributed by atoms with Crippen LogP contribution in [0.3, 0.4) is 0 Å². The maximum absolute atomic E-state index is 15.3. The van der Waals surface area contributed by atoms with Gasteiger partial charge < -0.3 is 19.5 Å². The van der Waals surface area contributed by atoms with Crippen LogP contribution in [-0.2, 0) is 24.1 Å². The Morgan fingerprint density at radius 3 is 2.57 bits per heavy atom. The van der Waals surface area contributed by atoms with Crippen LogP contribution in [0.25, 0.3) is 0 Å². The lowest BCUT2D eigenvalue weighted by Gasteiger charge is -2.50. The summed E-state index contributed by atoms with van der Waals surface area (Å²) < 4.78 is 73.0. The second-order valence-electron chi connectivity index (χ2n) is 9.03. The van der Waals surface area contributed by atoms with Crippen LogP contribution in [0.5, 0.6) is 5.75 Å². The Kier molecular flexibility index (Phi) is 7.26. The minimum absolute atomic E-state index is 0.0634. The third kappa shape index (κ3) is 4.59. The molecule has 2 aromatic carbocycles. The van der Waals surface area contributed by atoms with Crippen LogP contribution >= 0.6 is 11.6 Å². The molecule has 4 rings (SSSR count). The second-order valence-corrected chi connectivity index (χ2v) is 11.7. The largest absolute Gasteiger partial charge is 0.490 e. The van der Waals surface area contributed by atoms with Crippen LogP contribution in [0.1, 0.15) is 25.8 Å².